The van der Waals surface area contributed by atoms with Gasteiger partial charge in [-0.1, -0.05) is 42.5 Å². The maximum absolute atomic E-state index is 12.9. The van der Waals surface area contributed by atoms with Crippen LogP contribution in [0.25, 0.3) is 11.5 Å². The minimum atomic E-state index is -0.167. The fraction of sp³-hybridized carbons (Fsp3) is 0.154. The van der Waals surface area contributed by atoms with Crippen LogP contribution in [0.15, 0.2) is 83.5 Å². The number of carbonyl (C=O) groups is 1. The van der Waals surface area contributed by atoms with Crippen molar-refractivity contribution in [1.82, 2.24) is 9.97 Å². The van der Waals surface area contributed by atoms with Gasteiger partial charge in [0.25, 0.3) is 5.89 Å². The minimum Gasteiger partial charge on any atom is -0.489 e. The SMILES string of the molecule is O=C(c1ncc(-c2ccccn2)o1)C1Cc2ccc(OCc3ccccc3)cc2C1.O=C=O. The van der Waals surface area contributed by atoms with Crippen molar-refractivity contribution in [2.75, 3.05) is 0 Å². The van der Waals surface area contributed by atoms with E-state index in [2.05, 4.69) is 16.0 Å². The molecule has 2 aromatic carbocycles. The zero-order chi connectivity index (χ0) is 23.0. The summed E-state index contributed by atoms with van der Waals surface area (Å²) in [5.41, 5.74) is 4.12. The number of pyridine rings is 1. The van der Waals surface area contributed by atoms with Crippen molar-refractivity contribution in [3.05, 3.63) is 102 Å². The van der Waals surface area contributed by atoms with Gasteiger partial charge in [-0.05, 0) is 53.8 Å². The predicted molar refractivity (Wildman–Crippen MR) is 117 cm³/mol. The quantitative estimate of drug-likeness (QED) is 0.412. The lowest BCUT2D eigenvalue weighted by atomic mass is 10.0. The van der Waals surface area contributed by atoms with Crippen LogP contribution in [0.4, 0.5) is 0 Å². The average molecular weight is 440 g/mol. The van der Waals surface area contributed by atoms with E-state index in [0.717, 1.165) is 16.9 Å². The molecule has 0 radical (unpaired) electrons. The highest BCUT2D eigenvalue weighted by Gasteiger charge is 2.31. The molecule has 0 amide bonds. The third-order valence-electron chi connectivity index (χ3n) is 5.36. The summed E-state index contributed by atoms with van der Waals surface area (Å²) in [5, 5.41) is 0. The lowest BCUT2D eigenvalue weighted by Gasteiger charge is -2.08. The van der Waals surface area contributed by atoms with Gasteiger partial charge in [-0.15, -0.1) is 0 Å². The van der Waals surface area contributed by atoms with Gasteiger partial charge < -0.3 is 9.15 Å². The predicted octanol–water partition coefficient (Wildman–Crippen LogP) is 4.33. The van der Waals surface area contributed by atoms with Crippen molar-refractivity contribution in [1.29, 1.82) is 0 Å². The van der Waals surface area contributed by atoms with E-state index in [-0.39, 0.29) is 23.7 Å². The number of Topliss-reactive ketones (excluding diaryl/α,β-unsaturated/α-hetero) is 1. The van der Waals surface area contributed by atoms with Gasteiger partial charge in [0.2, 0.25) is 5.78 Å². The molecule has 5 rings (SSSR count). The lowest BCUT2D eigenvalue weighted by Crippen LogP contribution is -2.15. The Morgan fingerprint density at radius 1 is 0.970 bits per heavy atom. The number of aromatic nitrogens is 2. The van der Waals surface area contributed by atoms with Gasteiger partial charge in [-0.3, -0.25) is 9.78 Å². The number of ether oxygens (including phenoxy) is 1. The van der Waals surface area contributed by atoms with Crippen LogP contribution in [0, 0.1) is 5.92 Å². The molecule has 0 bridgehead atoms. The Balaban J connectivity index is 0.000000821. The van der Waals surface area contributed by atoms with E-state index >= 15 is 0 Å². The number of ketones is 1. The van der Waals surface area contributed by atoms with Gasteiger partial charge in [-0.25, -0.2) is 4.98 Å². The van der Waals surface area contributed by atoms with Crippen molar-refractivity contribution in [3.63, 3.8) is 0 Å². The molecule has 1 aliphatic rings. The molecule has 7 nitrogen and oxygen atoms in total. The first-order valence-electron chi connectivity index (χ1n) is 10.4. The van der Waals surface area contributed by atoms with Crippen LogP contribution in [0.2, 0.25) is 0 Å². The van der Waals surface area contributed by atoms with E-state index in [1.807, 2.05) is 60.7 Å². The molecule has 1 aliphatic carbocycles. The van der Waals surface area contributed by atoms with E-state index in [1.165, 1.54) is 5.56 Å². The second-order valence-corrected chi connectivity index (χ2v) is 7.50. The molecular formula is C26H20N2O5. The summed E-state index contributed by atoms with van der Waals surface area (Å²) < 4.78 is 11.6. The highest BCUT2D eigenvalue weighted by molar-refractivity contribution is 5.94. The Morgan fingerprint density at radius 3 is 2.48 bits per heavy atom. The molecule has 0 spiro atoms. The summed E-state index contributed by atoms with van der Waals surface area (Å²) in [4.78, 5) is 37.6. The Hall–Kier alpha value is -4.35. The monoisotopic (exact) mass is 440 g/mol. The normalized spacial score (nSPS) is 13.9. The van der Waals surface area contributed by atoms with Crippen molar-refractivity contribution in [3.8, 4) is 17.2 Å². The van der Waals surface area contributed by atoms with E-state index in [1.54, 1.807) is 12.4 Å². The molecule has 4 aromatic rings. The molecule has 0 saturated heterocycles. The number of hydrogen-bond donors (Lipinski definition) is 0. The third-order valence-corrected chi connectivity index (χ3v) is 5.36. The highest BCUT2D eigenvalue weighted by atomic mass is 16.5. The van der Waals surface area contributed by atoms with Crippen LogP contribution >= 0.6 is 0 Å². The van der Waals surface area contributed by atoms with Gasteiger partial charge in [0, 0.05) is 12.1 Å². The summed E-state index contributed by atoms with van der Waals surface area (Å²) in [5.74, 6) is 1.24. The second-order valence-electron chi connectivity index (χ2n) is 7.50. The summed E-state index contributed by atoms with van der Waals surface area (Å²) in [6, 6.07) is 21.7. The van der Waals surface area contributed by atoms with Gasteiger partial charge in [-0.2, -0.15) is 9.59 Å². The second kappa shape index (κ2) is 10.3. The molecule has 0 saturated carbocycles. The van der Waals surface area contributed by atoms with E-state index in [4.69, 9.17) is 18.7 Å². The van der Waals surface area contributed by atoms with Gasteiger partial charge in [0.1, 0.15) is 18.1 Å². The fourth-order valence-electron chi connectivity index (χ4n) is 3.80. The molecule has 0 aliphatic heterocycles. The summed E-state index contributed by atoms with van der Waals surface area (Å²) in [6.45, 7) is 0.522. The van der Waals surface area contributed by atoms with Crippen molar-refractivity contribution >= 4 is 11.9 Å². The number of oxazole rings is 1. The Kier molecular flexibility index (Phi) is 6.83. The zero-order valence-electron chi connectivity index (χ0n) is 17.6. The first kappa shape index (κ1) is 21.9. The van der Waals surface area contributed by atoms with Crippen molar-refractivity contribution in [2.45, 2.75) is 19.4 Å². The molecule has 2 heterocycles. The molecule has 0 fully saturated rings. The summed E-state index contributed by atoms with van der Waals surface area (Å²) in [7, 11) is 0. The van der Waals surface area contributed by atoms with Crippen LogP contribution < -0.4 is 4.74 Å². The molecule has 1 unspecified atom stereocenters. The Labute approximate surface area is 190 Å². The minimum absolute atomic E-state index is 0.0693. The smallest absolute Gasteiger partial charge is 0.373 e. The number of nitrogens with zero attached hydrogens (tertiary/aromatic N) is 2. The number of rotatable bonds is 6. The summed E-state index contributed by atoms with van der Waals surface area (Å²) >= 11 is 0. The Morgan fingerprint density at radius 2 is 1.73 bits per heavy atom. The Bertz CT molecular complexity index is 1260. The molecule has 164 valence electrons. The number of hydrogen-bond acceptors (Lipinski definition) is 7. The molecule has 2 aromatic heterocycles. The summed E-state index contributed by atoms with van der Waals surface area (Å²) in [6.07, 6.45) is 4.85. The van der Waals surface area contributed by atoms with Crippen molar-refractivity contribution < 1.29 is 23.5 Å². The maximum atomic E-state index is 12.9. The first-order chi connectivity index (χ1) is 16.2. The fourth-order valence-corrected chi connectivity index (χ4v) is 3.80. The standard InChI is InChI=1S/C25H20N2O3.CO2/c28-24(25-27-15-23(30-25)22-8-4-5-11-26-22)20-12-18-9-10-21(14-19(18)13-20)29-16-17-6-2-1-3-7-17;2-1-3/h1-11,14-15,20H,12-13,16H2;. The van der Waals surface area contributed by atoms with E-state index in [9.17, 15) is 4.79 Å². The lowest BCUT2D eigenvalue weighted by molar-refractivity contribution is -0.191. The molecule has 0 N–H and O–H groups in total. The van der Waals surface area contributed by atoms with E-state index in [0.29, 0.717) is 30.9 Å². The first-order valence-corrected chi connectivity index (χ1v) is 10.4. The number of carbonyl (C=O) groups excluding carboxylic acids is 3. The number of fused-ring (bicyclic) bond motifs is 1. The molecule has 33 heavy (non-hydrogen) atoms. The molecule has 7 heteroatoms. The molecular weight excluding hydrogens is 420 g/mol. The van der Waals surface area contributed by atoms with Gasteiger partial charge in [0.15, 0.2) is 5.76 Å². The number of benzene rings is 2. The van der Waals surface area contributed by atoms with Crippen LogP contribution in [0.5, 0.6) is 5.75 Å². The molecule has 1 atom stereocenters. The topological polar surface area (TPSA) is 99.4 Å². The van der Waals surface area contributed by atoms with Gasteiger partial charge >= 0.3 is 6.15 Å². The van der Waals surface area contributed by atoms with E-state index < -0.39 is 0 Å². The van der Waals surface area contributed by atoms with Crippen LogP contribution in [0.1, 0.15) is 27.4 Å². The van der Waals surface area contributed by atoms with Crippen LogP contribution in [0.3, 0.4) is 0 Å². The van der Waals surface area contributed by atoms with Crippen molar-refractivity contribution in [2.24, 2.45) is 5.92 Å². The van der Waals surface area contributed by atoms with Gasteiger partial charge in [0.05, 0.1) is 6.20 Å². The van der Waals surface area contributed by atoms with Crippen LogP contribution in [-0.4, -0.2) is 21.9 Å². The highest BCUT2D eigenvalue weighted by Crippen LogP contribution is 2.32. The van der Waals surface area contributed by atoms with Crippen LogP contribution in [-0.2, 0) is 29.0 Å². The zero-order valence-corrected chi connectivity index (χ0v) is 17.6. The largest absolute Gasteiger partial charge is 0.489 e. The third kappa shape index (κ3) is 5.29. The average Bonchev–Trinajstić information content (AvgIpc) is 3.51. The maximum Gasteiger partial charge on any atom is 0.373 e.